The third-order valence-corrected chi connectivity index (χ3v) is 19.5. The van der Waals surface area contributed by atoms with E-state index in [1.165, 1.54) is 97.7 Å². The number of benzene rings is 7. The average Bonchev–Trinajstić information content (AvgIpc) is 0.826. The molecule has 42 heteroatoms. The fourth-order valence-electron chi connectivity index (χ4n) is 12.9. The fourth-order valence-corrected chi connectivity index (χ4v) is 13.2. The molecule has 0 bridgehead atoms. The van der Waals surface area contributed by atoms with Crippen molar-refractivity contribution in [2.75, 3.05) is 204 Å². The van der Waals surface area contributed by atoms with E-state index in [2.05, 4.69) is 80.8 Å². The second-order valence-corrected chi connectivity index (χ2v) is 29.6. The number of ether oxygens (including phenoxy) is 7. The van der Waals surface area contributed by atoms with Crippen molar-refractivity contribution < 1.29 is 154 Å². The van der Waals surface area contributed by atoms with Gasteiger partial charge in [0.15, 0.2) is 0 Å². The van der Waals surface area contributed by atoms with Crippen molar-refractivity contribution in [3.8, 4) is 40.2 Å². The van der Waals surface area contributed by atoms with Gasteiger partial charge in [0.25, 0.3) is 28.4 Å². The van der Waals surface area contributed by atoms with E-state index in [-0.39, 0.29) is 107 Å². The standard InChI is InChI=1S/2C12H16N2O3.2C12H18N2O.C11H13N2O6S.C11H14N2O4.C8H8N2O3.C4H10O.CH3O2S.2Y/c2*1-2-3-6-13-7-8-17-12-9-10(14(15)16)4-5-11(12)13;2*1-2-3-6-14-7-8-15-12-9-10(13)4-5-11(12)14;14-13(15)9-2-3-10-11(8-9)18-7-5-12(10)4-1-6-19-20(16)17;14-6-1-4-12-5-7-17-11-8-9(13(15)16)2-3-10(11)12;11-10(12)6-1-2-7-8(5-6)13-4-3-9-7;1-2-3-4-5;1-4(2)3;;/h2*4-5,9H,2-3,6-8H2,1H3;2*4-5,9H,2-3,6-8,13H2,1H3;2-3,8H,1,4-7H2;2-3,8,14H,1,4-7H2;1-2,5,9H,3-4H2;5H,2-4H2,1H3;1H3;;/q;;;;-1;;;;-1;;. The molecule has 0 spiro atoms. The summed E-state index contributed by atoms with van der Waals surface area (Å²) in [6, 6.07) is 35.1. The molecule has 0 saturated heterocycles. The number of non-ortho nitro benzene ring substituents is 5. The molecule has 0 saturated carbocycles. The van der Waals surface area contributed by atoms with E-state index in [4.69, 9.17) is 63.3 Å². The van der Waals surface area contributed by atoms with Crippen LogP contribution in [0.1, 0.15) is 112 Å². The summed E-state index contributed by atoms with van der Waals surface area (Å²) in [6.07, 6.45) is 13.8. The van der Waals surface area contributed by atoms with Gasteiger partial charge in [-0.05, 0) is 99.5 Å². The van der Waals surface area contributed by atoms with Crippen molar-refractivity contribution in [1.82, 2.24) is 0 Å². The van der Waals surface area contributed by atoms with Crippen molar-refractivity contribution in [2.24, 2.45) is 0 Å². The summed E-state index contributed by atoms with van der Waals surface area (Å²) in [4.78, 5) is 64.3. The quantitative estimate of drug-likeness (QED) is 0.0105. The molecule has 7 aromatic carbocycles. The molecule has 14 rings (SSSR count). The molecule has 0 atom stereocenters. The van der Waals surface area contributed by atoms with Crippen LogP contribution in [-0.2, 0) is 108 Å². The molecule has 38 nitrogen and oxygen atoms in total. The molecule has 7 heterocycles. The van der Waals surface area contributed by atoms with E-state index in [0.29, 0.717) is 94.3 Å². The molecule has 0 fully saturated rings. The zero-order valence-electron chi connectivity index (χ0n) is 71.8. The number of nitrogens with zero attached hydrogens (tertiary/aromatic N) is 11. The SMILES string of the molecule is CCCCN1CCOc2cc(N)ccc21.CCCCN1CCOc2cc(N)ccc21.CCCCN1CCOc2cc([N+](=O)[O-])ccc21.CCCCN1CCOc2cc([N+](=O)[O-])ccc21.CCCCO.C[S-](=O)=O.O=[N+]([O-])c1ccc2c(c1)OCCN2.O=[N+]([O-])c1ccc2c(c1)OCCN2CCCO.O=[N+]([O-])c1ccc2c(c1)OCCN2CCCO[S-](=O)=O.[Y].[Y]. The number of nitrogens with one attached hydrogen (secondary N) is 1. The van der Waals surface area contributed by atoms with Crippen LogP contribution in [0.25, 0.3) is 0 Å². The molecule has 0 aliphatic carbocycles. The number of nitrogens with two attached hydrogens (primary N) is 2. The summed E-state index contributed by atoms with van der Waals surface area (Å²) in [7, 11) is -4.35. The number of hydrogen-bond acceptors (Lipinski definition) is 35. The van der Waals surface area contributed by atoms with Crippen LogP contribution in [0.3, 0.4) is 0 Å². The first-order valence-electron chi connectivity index (χ1n) is 41.1. The second kappa shape index (κ2) is 59.3. The summed E-state index contributed by atoms with van der Waals surface area (Å²) < 4.78 is 81.1. The molecule has 7 aliphatic rings. The Morgan fingerprint density at radius 3 is 0.856 bits per heavy atom. The third kappa shape index (κ3) is 37.0. The van der Waals surface area contributed by atoms with Crippen LogP contribution in [0.2, 0.25) is 0 Å². The zero-order valence-corrected chi connectivity index (χ0v) is 79.1. The van der Waals surface area contributed by atoms with E-state index in [1.807, 2.05) is 29.2 Å². The Labute approximate surface area is 783 Å². The summed E-state index contributed by atoms with van der Waals surface area (Å²) in [5, 5.41) is 73.1. The van der Waals surface area contributed by atoms with Crippen molar-refractivity contribution >= 4 is 101 Å². The first-order chi connectivity index (χ1) is 59.3. The van der Waals surface area contributed by atoms with Gasteiger partial charge in [-0.25, -0.2) is 0 Å². The van der Waals surface area contributed by atoms with Gasteiger partial charge < -0.3 is 111 Å². The number of rotatable bonds is 27. The van der Waals surface area contributed by atoms with Gasteiger partial charge in [0.05, 0.1) is 145 Å². The molecular weight excluding hydrogens is 1820 g/mol. The Bertz CT molecular complexity index is 4390. The van der Waals surface area contributed by atoms with Crippen LogP contribution in [0.4, 0.5) is 79.6 Å². The van der Waals surface area contributed by atoms with E-state index < -0.39 is 46.3 Å². The topological polar surface area (TPSA) is 482 Å². The average molecular weight is 1940 g/mol. The Balaban J connectivity index is 0.000000301. The fraction of sp³-hybridized carbons (Fsp3) is 0.494. The number of anilines is 9. The monoisotopic (exact) mass is 1930 g/mol. The summed E-state index contributed by atoms with van der Waals surface area (Å²) in [6.45, 7) is 26.9. The van der Waals surface area contributed by atoms with Gasteiger partial charge in [0.1, 0.15) is 86.5 Å². The van der Waals surface area contributed by atoms with Crippen molar-refractivity contribution in [2.45, 2.75) is 112 Å². The molecule has 2 radical (unpaired) electrons. The van der Waals surface area contributed by atoms with Gasteiger partial charge >= 0.3 is 0 Å². The molecule has 0 aromatic heterocycles. The van der Waals surface area contributed by atoms with Crippen LogP contribution in [0.15, 0.2) is 127 Å². The van der Waals surface area contributed by atoms with Crippen LogP contribution in [-0.4, -0.2) is 192 Å². The van der Waals surface area contributed by atoms with E-state index in [0.717, 1.165) is 181 Å². The van der Waals surface area contributed by atoms with Gasteiger partial charge in [0.2, 0.25) is 0 Å². The van der Waals surface area contributed by atoms with Gasteiger partial charge in [-0.1, -0.05) is 83.7 Å². The normalized spacial score (nSPS) is 13.5. The van der Waals surface area contributed by atoms with Crippen LogP contribution < -0.4 is 79.3 Å². The van der Waals surface area contributed by atoms with Crippen molar-refractivity contribution in [3.05, 3.63) is 178 Å². The summed E-state index contributed by atoms with van der Waals surface area (Å²) in [5.74, 6) is 4.68. The Kier molecular flexibility index (Phi) is 51.1. The molecule has 125 heavy (non-hydrogen) atoms. The number of aliphatic hydroxyl groups excluding tert-OH is 2. The molecule has 7 aromatic rings. The minimum atomic E-state index is -2.49. The Hall–Kier alpha value is -9.67. The van der Waals surface area contributed by atoms with Gasteiger partial charge in [-0.3, -0.25) is 50.6 Å². The Morgan fingerprint density at radius 2 is 0.600 bits per heavy atom. The second-order valence-electron chi connectivity index (χ2n) is 28.2. The van der Waals surface area contributed by atoms with Crippen LogP contribution in [0, 0.1) is 50.6 Å². The maximum atomic E-state index is 10.7. The summed E-state index contributed by atoms with van der Waals surface area (Å²) in [5.41, 5.74) is 20.0. The first kappa shape index (κ1) is 108. The number of nitro benzene ring substituents is 5. The van der Waals surface area contributed by atoms with Gasteiger partial charge in [-0.15, -0.1) is 0 Å². The molecular formula is C83H116N14O24S2Y2-2. The van der Waals surface area contributed by atoms with Crippen LogP contribution in [0.5, 0.6) is 40.2 Å². The maximum Gasteiger partial charge on any atom is 0.273 e. The summed E-state index contributed by atoms with van der Waals surface area (Å²) >= 11 is 0. The first-order valence-corrected chi connectivity index (χ1v) is 43.6. The number of hydrogen-bond donors (Lipinski definition) is 5. The molecule has 682 valence electrons. The zero-order chi connectivity index (χ0) is 89.6. The van der Waals surface area contributed by atoms with Crippen molar-refractivity contribution in [3.63, 3.8) is 0 Å². The Morgan fingerprint density at radius 1 is 0.360 bits per heavy atom. The molecule has 0 unspecified atom stereocenters. The van der Waals surface area contributed by atoms with E-state index in [1.54, 1.807) is 30.3 Å². The van der Waals surface area contributed by atoms with Gasteiger partial charge in [-0.2, -0.15) is 0 Å². The van der Waals surface area contributed by atoms with E-state index >= 15 is 0 Å². The predicted molar refractivity (Wildman–Crippen MR) is 475 cm³/mol. The number of nitrogen functional groups attached to an aromatic ring is 2. The molecule has 7 N–H and O–H groups in total. The number of nitro groups is 5. The van der Waals surface area contributed by atoms with E-state index in [9.17, 15) is 59.0 Å². The maximum absolute atomic E-state index is 10.7. The number of unbranched alkanes of at least 4 members (excludes halogenated alkanes) is 5. The number of fused-ring (bicyclic) bond motifs is 7. The third-order valence-electron chi connectivity index (χ3n) is 19.2. The van der Waals surface area contributed by atoms with Gasteiger partial charge in [0, 0.05) is 185 Å². The predicted octanol–water partition coefficient (Wildman–Crippen LogP) is 14.4. The minimum Gasteiger partial charge on any atom is -0.489 e. The van der Waals surface area contributed by atoms with Crippen molar-refractivity contribution in [1.29, 1.82) is 0 Å². The minimum absolute atomic E-state index is 0. The molecule has 7 aliphatic heterocycles. The van der Waals surface area contributed by atoms with Crippen LogP contribution >= 0.6 is 0 Å². The number of aliphatic hydroxyl groups is 2. The molecule has 0 amide bonds. The largest absolute Gasteiger partial charge is 0.489 e. The smallest absolute Gasteiger partial charge is 0.273 e.